The minimum absolute atomic E-state index is 0.0207. The second-order valence-electron chi connectivity index (χ2n) is 2.58. The van der Waals surface area contributed by atoms with Crippen molar-refractivity contribution in [2.75, 3.05) is 0 Å². The minimum atomic E-state index is -0.481. The Morgan fingerprint density at radius 3 is 3.00 bits per heavy atom. The fraction of sp³-hybridized carbons (Fsp3) is 0.143. The summed E-state index contributed by atoms with van der Waals surface area (Å²) in [6, 6.07) is 4.20. The van der Waals surface area contributed by atoms with Gasteiger partial charge in [0.05, 0.1) is 18.0 Å². The van der Waals surface area contributed by atoms with E-state index in [9.17, 15) is 10.1 Å². The first-order valence-corrected chi connectivity index (χ1v) is 4.41. The number of nitro benzene ring substituents is 1. The quantitative estimate of drug-likeness (QED) is 0.539. The molecule has 0 aliphatic rings. The zero-order valence-electron chi connectivity index (χ0n) is 7.17. The van der Waals surface area contributed by atoms with Gasteiger partial charge in [-0.05, 0) is 6.07 Å². The lowest BCUT2D eigenvalue weighted by Gasteiger charge is -1.98. The Bertz CT molecular complexity index is 516. The van der Waals surface area contributed by atoms with Crippen LogP contribution in [0.5, 0.6) is 0 Å². The second-order valence-corrected chi connectivity index (χ2v) is 3.41. The molecule has 0 aliphatic heterocycles. The van der Waals surface area contributed by atoms with Crippen molar-refractivity contribution in [2.45, 2.75) is 0 Å². The average molecular weight is 214 g/mol. The molecule has 0 amide bonds. The van der Waals surface area contributed by atoms with Crippen molar-refractivity contribution in [3.05, 3.63) is 28.3 Å². The van der Waals surface area contributed by atoms with E-state index in [-0.39, 0.29) is 5.69 Å². The highest BCUT2D eigenvalue weighted by atomic mass is 32.1. The largest absolute Gasteiger partial charge is 0.381 e. The van der Waals surface area contributed by atoms with Crippen LogP contribution in [0.1, 0.15) is 0 Å². The summed E-state index contributed by atoms with van der Waals surface area (Å²) in [4.78, 5) is 9.98. The second kappa shape index (κ2) is 3.18. The van der Waals surface area contributed by atoms with Crippen LogP contribution in [-0.4, -0.2) is 9.05 Å². The fourth-order valence-corrected chi connectivity index (χ4v) is 1.43. The summed E-state index contributed by atoms with van der Waals surface area (Å²) >= 11 is 1.02. The van der Waals surface area contributed by atoms with Gasteiger partial charge in [0.1, 0.15) is 0 Å². The van der Waals surface area contributed by atoms with Gasteiger partial charge in [0.25, 0.3) is 5.69 Å². The Labute approximate surface area is 82.1 Å². The summed E-state index contributed by atoms with van der Waals surface area (Å²) in [6.07, 6.45) is 0. The molecule has 2 rings (SSSR count). The number of non-ortho nitro benzene ring substituents is 1. The summed E-state index contributed by atoms with van der Waals surface area (Å²) < 4.78 is 11.7. The molecule has 74 valence electrons. The number of nitrogens with zero attached hydrogens (tertiary/aromatic N) is 2. The third-order valence-electron chi connectivity index (χ3n) is 1.60. The first kappa shape index (κ1) is 8.82. The fourth-order valence-electron chi connectivity index (χ4n) is 0.997. The van der Waals surface area contributed by atoms with E-state index in [1.165, 1.54) is 22.3 Å². The molecule has 0 saturated heterocycles. The predicted molar refractivity (Wildman–Crippen MR) is 49.6 cm³/mol. The summed E-state index contributed by atoms with van der Waals surface area (Å²) in [5, 5.41) is 10.5. The van der Waals surface area contributed by atoms with Gasteiger partial charge in [-0.3, -0.25) is 10.1 Å². The molecule has 0 spiro atoms. The normalized spacial score (nSPS) is 10.4. The molecule has 7 heteroatoms. The first-order chi connectivity index (χ1) is 6.66. The van der Waals surface area contributed by atoms with Gasteiger partial charge in [-0.15, -0.1) is 4.13 Å². The van der Waals surface area contributed by atoms with Crippen LogP contribution in [0.2, 0.25) is 0 Å². The molecule has 1 aromatic carbocycles. The van der Waals surface area contributed by atoms with Crippen LogP contribution in [0.15, 0.2) is 26.6 Å². The molecular formula is C7H6N2O4S. The number of aromatic nitrogens is 1. The molecule has 14 heavy (non-hydrogen) atoms. The van der Waals surface area contributed by atoms with Crippen LogP contribution in [0.3, 0.4) is 0 Å². The van der Waals surface area contributed by atoms with Crippen LogP contribution in [0.4, 0.5) is 5.69 Å². The Balaban J connectivity index is 2.69. The van der Waals surface area contributed by atoms with E-state index in [1.54, 1.807) is 7.05 Å². The van der Waals surface area contributed by atoms with E-state index in [4.69, 9.17) is 8.37 Å². The zero-order chi connectivity index (χ0) is 10.1. The van der Waals surface area contributed by atoms with Gasteiger partial charge in [0, 0.05) is 6.07 Å². The number of hydrogen-bond donors (Lipinski definition) is 0. The molecule has 0 saturated carbocycles. The summed E-state index contributed by atoms with van der Waals surface area (Å²) in [5.74, 6) is 0. The van der Waals surface area contributed by atoms with Crippen LogP contribution >= 0.6 is 11.8 Å². The predicted octanol–water partition coefficient (Wildman–Crippen LogP) is 2.46. The van der Waals surface area contributed by atoms with Crippen LogP contribution in [0, 0.1) is 10.1 Å². The van der Waals surface area contributed by atoms with Crippen LogP contribution in [-0.2, 0) is 7.05 Å². The summed E-state index contributed by atoms with van der Waals surface area (Å²) in [6.45, 7) is 0. The SMILES string of the molecule is Cn1oc2cc([N+](=O)[O-])ccc2os1. The molecule has 0 fully saturated rings. The highest BCUT2D eigenvalue weighted by molar-refractivity contribution is 6.96. The number of hydrogen-bond acceptors (Lipinski definition) is 5. The van der Waals surface area contributed by atoms with Crippen molar-refractivity contribution in [2.24, 2.45) is 7.05 Å². The molecule has 0 aliphatic carbocycles. The molecule has 0 atom stereocenters. The molecule has 1 aromatic heterocycles. The highest BCUT2D eigenvalue weighted by Gasteiger charge is 2.08. The molecular weight excluding hydrogens is 208 g/mol. The maximum atomic E-state index is 10.5. The molecule has 1 heterocycles. The van der Waals surface area contributed by atoms with E-state index in [2.05, 4.69) is 0 Å². The van der Waals surface area contributed by atoms with Crippen LogP contribution < -0.4 is 0 Å². The number of rotatable bonds is 1. The molecule has 0 unspecified atom stereocenters. The van der Waals surface area contributed by atoms with Gasteiger partial charge in [-0.25, -0.2) is 0 Å². The van der Waals surface area contributed by atoms with Crippen molar-refractivity contribution in [3.8, 4) is 0 Å². The average Bonchev–Trinajstić information content (AvgIpc) is 2.16. The van der Waals surface area contributed by atoms with Crippen molar-refractivity contribution in [1.29, 1.82) is 0 Å². The number of benzene rings is 1. The van der Waals surface area contributed by atoms with Crippen molar-refractivity contribution >= 4 is 28.7 Å². The van der Waals surface area contributed by atoms with Gasteiger partial charge in [-0.1, -0.05) is 0 Å². The van der Waals surface area contributed by atoms with Crippen LogP contribution in [0.25, 0.3) is 11.2 Å². The van der Waals surface area contributed by atoms with Crippen molar-refractivity contribution in [1.82, 2.24) is 4.13 Å². The molecule has 2 aromatic rings. The minimum Gasteiger partial charge on any atom is -0.381 e. The Morgan fingerprint density at radius 1 is 1.50 bits per heavy atom. The summed E-state index contributed by atoms with van der Waals surface area (Å²) in [5.41, 5.74) is 0.812. The van der Waals surface area contributed by atoms with Gasteiger partial charge in [0.15, 0.2) is 17.4 Å². The molecule has 6 nitrogen and oxygen atoms in total. The Morgan fingerprint density at radius 2 is 2.29 bits per heavy atom. The third-order valence-corrected chi connectivity index (χ3v) is 2.14. The maximum Gasteiger partial charge on any atom is 0.273 e. The van der Waals surface area contributed by atoms with E-state index < -0.39 is 4.92 Å². The van der Waals surface area contributed by atoms with E-state index in [0.29, 0.717) is 11.2 Å². The van der Waals surface area contributed by atoms with Gasteiger partial charge in [0.2, 0.25) is 5.58 Å². The molecule has 0 N–H and O–H groups in total. The number of nitro groups is 1. The van der Waals surface area contributed by atoms with Gasteiger partial charge in [-0.2, -0.15) is 0 Å². The Hall–Kier alpha value is -1.76. The van der Waals surface area contributed by atoms with Gasteiger partial charge >= 0.3 is 0 Å². The number of aryl methyl sites for hydroxylation is 1. The summed E-state index contributed by atoms with van der Waals surface area (Å²) in [7, 11) is 1.65. The topological polar surface area (TPSA) is 74.3 Å². The van der Waals surface area contributed by atoms with E-state index >= 15 is 0 Å². The lowest BCUT2D eigenvalue weighted by molar-refractivity contribution is -0.384. The monoisotopic (exact) mass is 214 g/mol. The Kier molecular flexibility index (Phi) is 2.01. The van der Waals surface area contributed by atoms with Crippen molar-refractivity contribution < 1.29 is 13.3 Å². The maximum absolute atomic E-state index is 10.5. The zero-order valence-corrected chi connectivity index (χ0v) is 7.98. The molecule has 0 radical (unpaired) electrons. The van der Waals surface area contributed by atoms with E-state index in [1.807, 2.05) is 0 Å². The lowest BCUT2D eigenvalue weighted by atomic mass is 10.3. The third kappa shape index (κ3) is 1.49. The standard InChI is InChI=1S/C7H6N2O4S/c1-8-12-7-4-5(9(10)11)2-3-6(7)13-14-8/h2-4H,1H3. The van der Waals surface area contributed by atoms with E-state index in [0.717, 1.165) is 11.8 Å². The lowest BCUT2D eigenvalue weighted by Crippen LogP contribution is -1.88. The smallest absolute Gasteiger partial charge is 0.273 e. The highest BCUT2D eigenvalue weighted by Crippen LogP contribution is 2.21. The first-order valence-electron chi connectivity index (χ1n) is 3.71. The number of fused-ring (bicyclic) bond motifs is 1. The molecule has 0 bridgehead atoms. The van der Waals surface area contributed by atoms with Gasteiger partial charge < -0.3 is 8.37 Å². The van der Waals surface area contributed by atoms with Crippen molar-refractivity contribution in [3.63, 3.8) is 0 Å².